The number of benzene rings is 2. The quantitative estimate of drug-likeness (QED) is 0.265. The van der Waals surface area contributed by atoms with E-state index in [-0.39, 0.29) is 11.1 Å². The van der Waals surface area contributed by atoms with E-state index in [0.717, 1.165) is 37.5 Å². The van der Waals surface area contributed by atoms with Crippen LogP contribution in [0.3, 0.4) is 0 Å². The summed E-state index contributed by atoms with van der Waals surface area (Å²) >= 11 is 0. The lowest BCUT2D eigenvalue weighted by atomic mass is 9.78. The van der Waals surface area contributed by atoms with E-state index in [4.69, 9.17) is 4.74 Å². The van der Waals surface area contributed by atoms with Crippen LogP contribution in [0.1, 0.15) is 61.6 Å². The van der Waals surface area contributed by atoms with Gasteiger partial charge in [-0.25, -0.2) is 17.6 Å². The maximum atomic E-state index is 14.4. The van der Waals surface area contributed by atoms with Crippen molar-refractivity contribution in [1.29, 1.82) is 0 Å². The van der Waals surface area contributed by atoms with Gasteiger partial charge >= 0.3 is 0 Å². The molecule has 2 aromatic carbocycles. The Morgan fingerprint density at radius 2 is 1.45 bits per heavy atom. The van der Waals surface area contributed by atoms with E-state index in [1.807, 2.05) is 0 Å². The van der Waals surface area contributed by atoms with Gasteiger partial charge in [0.1, 0.15) is 11.6 Å². The normalized spacial score (nSPS) is 18.5. The van der Waals surface area contributed by atoms with Crippen molar-refractivity contribution in [3.05, 3.63) is 70.3 Å². The summed E-state index contributed by atoms with van der Waals surface area (Å²) in [4.78, 5) is 0. The minimum absolute atomic E-state index is 0.152. The monoisotopic (exact) mass is 432 g/mol. The molecular formula is C26H28F4O. The highest BCUT2D eigenvalue weighted by atomic mass is 19.2. The van der Waals surface area contributed by atoms with Gasteiger partial charge in [-0.05, 0) is 73.4 Å². The van der Waals surface area contributed by atoms with Gasteiger partial charge in [0.15, 0.2) is 11.6 Å². The summed E-state index contributed by atoms with van der Waals surface area (Å²) < 4.78 is 60.2. The van der Waals surface area contributed by atoms with Gasteiger partial charge in [0.05, 0.1) is 5.56 Å². The van der Waals surface area contributed by atoms with Crippen LogP contribution in [0, 0.1) is 46.9 Å². The number of hydrogen-bond donors (Lipinski definition) is 0. The minimum Gasteiger partial charge on any atom is -0.385 e. The van der Waals surface area contributed by atoms with Gasteiger partial charge in [-0.3, -0.25) is 0 Å². The Hall–Kier alpha value is -2.32. The average molecular weight is 433 g/mol. The van der Waals surface area contributed by atoms with E-state index in [1.165, 1.54) is 50.3 Å². The molecule has 0 spiro atoms. The van der Waals surface area contributed by atoms with Gasteiger partial charge in [0, 0.05) is 19.3 Å². The lowest BCUT2D eigenvalue weighted by Gasteiger charge is -2.28. The van der Waals surface area contributed by atoms with Crippen LogP contribution in [0.15, 0.2) is 30.3 Å². The van der Waals surface area contributed by atoms with Gasteiger partial charge in [0.25, 0.3) is 0 Å². The zero-order valence-electron chi connectivity index (χ0n) is 17.8. The number of methoxy groups -OCH3 is 1. The summed E-state index contributed by atoms with van der Waals surface area (Å²) in [5, 5.41) is 0. The molecule has 0 unspecified atom stereocenters. The van der Waals surface area contributed by atoms with Crippen LogP contribution in [0.5, 0.6) is 0 Å². The van der Waals surface area contributed by atoms with Crippen LogP contribution in [0.25, 0.3) is 0 Å². The summed E-state index contributed by atoms with van der Waals surface area (Å²) in [5.41, 5.74) is 0.417. The van der Waals surface area contributed by atoms with Crippen LogP contribution >= 0.6 is 0 Å². The van der Waals surface area contributed by atoms with Crippen molar-refractivity contribution in [2.24, 2.45) is 11.8 Å². The molecule has 31 heavy (non-hydrogen) atoms. The Balaban J connectivity index is 1.55. The molecule has 0 aromatic heterocycles. The maximum absolute atomic E-state index is 14.4. The first-order valence-electron chi connectivity index (χ1n) is 10.9. The van der Waals surface area contributed by atoms with E-state index < -0.39 is 23.3 Å². The van der Waals surface area contributed by atoms with Gasteiger partial charge < -0.3 is 4.74 Å². The highest BCUT2D eigenvalue weighted by Gasteiger charge is 2.21. The van der Waals surface area contributed by atoms with E-state index in [9.17, 15) is 17.6 Å². The molecule has 0 N–H and O–H groups in total. The first-order valence-corrected chi connectivity index (χ1v) is 10.9. The summed E-state index contributed by atoms with van der Waals surface area (Å²) in [6.45, 7) is 0.818. The van der Waals surface area contributed by atoms with Crippen molar-refractivity contribution in [3.63, 3.8) is 0 Å². The van der Waals surface area contributed by atoms with Gasteiger partial charge in [0.2, 0.25) is 0 Å². The van der Waals surface area contributed by atoms with Crippen molar-refractivity contribution in [2.45, 2.75) is 51.4 Å². The number of ether oxygens (including phenoxy) is 1. The summed E-state index contributed by atoms with van der Waals surface area (Å²) in [6.07, 6.45) is 8.64. The molecule has 1 fully saturated rings. The molecule has 0 aliphatic heterocycles. The summed E-state index contributed by atoms with van der Waals surface area (Å²) in [5.74, 6) is 2.76. The molecule has 1 nitrogen and oxygen atoms in total. The predicted molar refractivity (Wildman–Crippen MR) is 114 cm³/mol. The van der Waals surface area contributed by atoms with Crippen molar-refractivity contribution in [1.82, 2.24) is 0 Å². The molecule has 0 bridgehead atoms. The van der Waals surface area contributed by atoms with Crippen LogP contribution in [0.4, 0.5) is 17.6 Å². The lowest BCUT2D eigenvalue weighted by molar-refractivity contribution is 0.175. The van der Waals surface area contributed by atoms with Crippen LogP contribution < -0.4 is 0 Å². The standard InChI is InChI=1S/C26H28F4O/c1-31-14-2-3-18-4-6-19(7-5-18)8-9-21-16-24(28)22(25(29)17-21)12-10-20-11-13-23(27)26(30)15-20/h11,13,15-19H,2-9,14H2,1H3. The van der Waals surface area contributed by atoms with Gasteiger partial charge in [-0.2, -0.15) is 0 Å². The fraction of sp³-hybridized carbons (Fsp3) is 0.462. The zero-order valence-corrected chi connectivity index (χ0v) is 17.8. The molecule has 0 heterocycles. The molecule has 1 saturated carbocycles. The molecular weight excluding hydrogens is 404 g/mol. The molecule has 0 saturated heterocycles. The number of aryl methyl sites for hydroxylation is 1. The third kappa shape index (κ3) is 6.83. The van der Waals surface area contributed by atoms with Crippen LogP contribution in [-0.4, -0.2) is 13.7 Å². The molecule has 5 heteroatoms. The zero-order chi connectivity index (χ0) is 22.2. The van der Waals surface area contributed by atoms with E-state index in [2.05, 4.69) is 11.8 Å². The third-order valence-electron chi connectivity index (χ3n) is 6.12. The van der Waals surface area contributed by atoms with Crippen LogP contribution in [0.2, 0.25) is 0 Å². The Bertz CT molecular complexity index is 913. The fourth-order valence-corrected chi connectivity index (χ4v) is 4.29. The molecule has 3 rings (SSSR count). The highest BCUT2D eigenvalue weighted by molar-refractivity contribution is 5.45. The topological polar surface area (TPSA) is 9.23 Å². The van der Waals surface area contributed by atoms with Crippen molar-refractivity contribution < 1.29 is 22.3 Å². The SMILES string of the molecule is COCCCC1CCC(CCc2cc(F)c(C#Cc3ccc(F)c(F)c3)c(F)c2)CC1. The molecule has 166 valence electrons. The molecule has 1 aliphatic rings. The minimum atomic E-state index is -1.05. The Morgan fingerprint density at radius 1 is 0.806 bits per heavy atom. The molecule has 0 radical (unpaired) electrons. The van der Waals surface area contributed by atoms with E-state index >= 15 is 0 Å². The highest BCUT2D eigenvalue weighted by Crippen LogP contribution is 2.34. The van der Waals surface area contributed by atoms with E-state index in [1.54, 1.807) is 7.11 Å². The second-order valence-corrected chi connectivity index (χ2v) is 8.37. The largest absolute Gasteiger partial charge is 0.385 e. The molecule has 1 aliphatic carbocycles. The fourth-order valence-electron chi connectivity index (χ4n) is 4.29. The maximum Gasteiger partial charge on any atom is 0.160 e. The van der Waals surface area contributed by atoms with Crippen LogP contribution in [-0.2, 0) is 11.2 Å². The Kier molecular flexibility index (Phi) is 8.54. The summed E-state index contributed by atoms with van der Waals surface area (Å²) in [6, 6.07) is 5.76. The van der Waals surface area contributed by atoms with Gasteiger partial charge in [-0.15, -0.1) is 0 Å². The van der Waals surface area contributed by atoms with Gasteiger partial charge in [-0.1, -0.05) is 37.5 Å². The summed E-state index contributed by atoms with van der Waals surface area (Å²) in [7, 11) is 1.73. The Morgan fingerprint density at radius 3 is 2.06 bits per heavy atom. The number of hydrogen-bond acceptors (Lipinski definition) is 1. The van der Waals surface area contributed by atoms with Crippen molar-refractivity contribution >= 4 is 0 Å². The smallest absolute Gasteiger partial charge is 0.160 e. The Labute approximate surface area is 181 Å². The predicted octanol–water partition coefficient (Wildman–Crippen LogP) is 6.81. The number of halogens is 4. The first kappa shape index (κ1) is 23.3. The second-order valence-electron chi connectivity index (χ2n) is 8.37. The molecule has 0 amide bonds. The van der Waals surface area contributed by atoms with Crippen molar-refractivity contribution in [3.8, 4) is 11.8 Å². The molecule has 2 aromatic rings. The second kappa shape index (κ2) is 11.3. The lowest BCUT2D eigenvalue weighted by Crippen LogP contribution is -2.15. The average Bonchev–Trinajstić information content (AvgIpc) is 2.75. The third-order valence-corrected chi connectivity index (χ3v) is 6.12. The first-order chi connectivity index (χ1) is 15.0. The number of rotatable bonds is 7. The molecule has 0 atom stereocenters. The van der Waals surface area contributed by atoms with Crippen molar-refractivity contribution in [2.75, 3.05) is 13.7 Å². The van der Waals surface area contributed by atoms with E-state index in [0.29, 0.717) is 17.9 Å².